The zero-order valence-corrected chi connectivity index (χ0v) is 18.5. The number of nitriles is 1. The summed E-state index contributed by atoms with van der Waals surface area (Å²) in [4.78, 5) is 16.2. The third-order valence-corrected chi connectivity index (χ3v) is 6.26. The zero-order chi connectivity index (χ0) is 22.3. The first-order valence-corrected chi connectivity index (χ1v) is 11.2. The minimum Gasteiger partial charge on any atom is -0.322 e. The predicted molar refractivity (Wildman–Crippen MR) is 125 cm³/mol. The van der Waals surface area contributed by atoms with Gasteiger partial charge in [-0.15, -0.1) is 0 Å². The summed E-state index contributed by atoms with van der Waals surface area (Å²) in [5, 5.41) is 12.1. The van der Waals surface area contributed by atoms with Crippen molar-refractivity contribution in [3.63, 3.8) is 0 Å². The molecule has 32 heavy (non-hydrogen) atoms. The van der Waals surface area contributed by atoms with E-state index in [1.807, 2.05) is 73.7 Å². The van der Waals surface area contributed by atoms with E-state index >= 15 is 0 Å². The van der Waals surface area contributed by atoms with Crippen molar-refractivity contribution in [2.45, 2.75) is 19.5 Å². The van der Waals surface area contributed by atoms with Gasteiger partial charge in [-0.05, 0) is 31.2 Å². The van der Waals surface area contributed by atoms with Gasteiger partial charge in [-0.1, -0.05) is 60.2 Å². The second kappa shape index (κ2) is 10.2. The van der Waals surface area contributed by atoms with Gasteiger partial charge in [0.15, 0.2) is 6.04 Å². The van der Waals surface area contributed by atoms with Crippen LogP contribution in [0.4, 0.5) is 5.69 Å². The van der Waals surface area contributed by atoms with Gasteiger partial charge in [0, 0.05) is 16.8 Å². The average molecular weight is 427 g/mol. The number of carbonyl (C=O) groups excluding carboxylic acids is 1. The average Bonchev–Trinajstić information content (AvgIpc) is 2.83. The lowest BCUT2D eigenvalue weighted by molar-refractivity contribution is -1.03. The van der Waals surface area contributed by atoms with Crippen LogP contribution in [-0.4, -0.2) is 32.1 Å². The minimum atomic E-state index is -0.228. The maximum absolute atomic E-state index is 13.4. The van der Waals surface area contributed by atoms with Gasteiger partial charge in [-0.3, -0.25) is 4.79 Å². The monoisotopic (exact) mass is 426 g/mol. The number of nitrogens with one attached hydrogen (secondary N) is 3. The number of quaternary nitrogens is 2. The van der Waals surface area contributed by atoms with Gasteiger partial charge in [0.25, 0.3) is 5.91 Å². The fraction of sp³-hybridized carbons (Fsp3) is 0.259. The number of aryl methyl sites for hydroxylation is 1. The molecule has 0 spiro atoms. The molecule has 1 aliphatic heterocycles. The van der Waals surface area contributed by atoms with Gasteiger partial charge in [-0.25, -0.2) is 0 Å². The van der Waals surface area contributed by atoms with E-state index in [1.165, 1.54) is 20.9 Å². The van der Waals surface area contributed by atoms with E-state index in [1.54, 1.807) is 0 Å². The van der Waals surface area contributed by atoms with Crippen molar-refractivity contribution < 1.29 is 14.6 Å². The van der Waals surface area contributed by atoms with E-state index in [9.17, 15) is 4.79 Å². The number of rotatable bonds is 6. The summed E-state index contributed by atoms with van der Waals surface area (Å²) in [6.45, 7) is 6.89. The molecule has 1 heterocycles. The Labute approximate surface area is 189 Å². The third kappa shape index (κ3) is 5.42. The van der Waals surface area contributed by atoms with Gasteiger partial charge in [0.1, 0.15) is 32.7 Å². The molecule has 0 aromatic heterocycles. The van der Waals surface area contributed by atoms with Crippen LogP contribution in [0.3, 0.4) is 0 Å². The first kappa shape index (κ1) is 21.8. The molecule has 5 heteroatoms. The van der Waals surface area contributed by atoms with Crippen LogP contribution in [-0.2, 0) is 11.3 Å². The maximum Gasteiger partial charge on any atom is 0.287 e. The van der Waals surface area contributed by atoms with Crippen LogP contribution in [0, 0.1) is 18.3 Å². The smallest absolute Gasteiger partial charge is 0.287 e. The van der Waals surface area contributed by atoms with E-state index in [2.05, 4.69) is 23.5 Å². The van der Waals surface area contributed by atoms with E-state index < -0.39 is 0 Å². The highest BCUT2D eigenvalue weighted by Gasteiger charge is 2.35. The number of benzene rings is 3. The molecule has 4 rings (SSSR count). The normalized spacial score (nSPS) is 19.0. The van der Waals surface area contributed by atoms with E-state index in [0.29, 0.717) is 5.56 Å². The summed E-state index contributed by atoms with van der Waals surface area (Å²) < 4.78 is 0. The molecule has 0 radical (unpaired) electrons. The molecule has 3 N–H and O–H groups in total. The Morgan fingerprint density at radius 2 is 1.59 bits per heavy atom. The Kier molecular flexibility index (Phi) is 6.96. The highest BCUT2D eigenvalue weighted by molar-refractivity contribution is 5.94. The van der Waals surface area contributed by atoms with Crippen LogP contribution >= 0.6 is 0 Å². The molecule has 1 fully saturated rings. The molecule has 162 valence electrons. The zero-order valence-electron chi connectivity index (χ0n) is 18.5. The number of amides is 1. The SMILES string of the molecule is Cc1ccc(NC(=O)[C@@H](c2ccccc2)[NH+]2CC[NH+](Cc3ccc(C#N)cc3)CC2)cc1. The summed E-state index contributed by atoms with van der Waals surface area (Å²) in [6, 6.07) is 27.9. The summed E-state index contributed by atoms with van der Waals surface area (Å²) >= 11 is 0. The Hall–Kier alpha value is -3.46. The number of anilines is 1. The lowest BCUT2D eigenvalue weighted by Crippen LogP contribution is -3.28. The van der Waals surface area contributed by atoms with Crippen molar-refractivity contribution in [3.8, 4) is 6.07 Å². The van der Waals surface area contributed by atoms with Crippen LogP contribution in [0.2, 0.25) is 0 Å². The molecule has 1 atom stereocenters. The van der Waals surface area contributed by atoms with Crippen molar-refractivity contribution >= 4 is 11.6 Å². The van der Waals surface area contributed by atoms with Gasteiger partial charge in [0.05, 0.1) is 11.6 Å². The van der Waals surface area contributed by atoms with Crippen molar-refractivity contribution in [2.24, 2.45) is 0 Å². The first-order valence-electron chi connectivity index (χ1n) is 11.2. The quantitative estimate of drug-likeness (QED) is 0.560. The topological polar surface area (TPSA) is 61.8 Å². The van der Waals surface area contributed by atoms with E-state index in [-0.39, 0.29) is 11.9 Å². The molecule has 5 nitrogen and oxygen atoms in total. The molecule has 1 saturated heterocycles. The Balaban J connectivity index is 1.43. The van der Waals surface area contributed by atoms with Crippen LogP contribution in [0.15, 0.2) is 78.9 Å². The van der Waals surface area contributed by atoms with Gasteiger partial charge >= 0.3 is 0 Å². The van der Waals surface area contributed by atoms with Crippen molar-refractivity contribution in [1.82, 2.24) is 0 Å². The molecular formula is C27H30N4O+2. The van der Waals surface area contributed by atoms with Crippen molar-refractivity contribution in [1.29, 1.82) is 5.26 Å². The van der Waals surface area contributed by atoms with Crippen LogP contribution in [0.25, 0.3) is 0 Å². The lowest BCUT2D eigenvalue weighted by Gasteiger charge is -2.34. The van der Waals surface area contributed by atoms with Crippen LogP contribution in [0.1, 0.15) is 28.3 Å². The predicted octanol–water partition coefficient (Wildman–Crippen LogP) is 1.53. The first-order chi connectivity index (χ1) is 15.6. The molecule has 3 aromatic rings. The number of carbonyl (C=O) groups is 1. The van der Waals surface area contributed by atoms with Gasteiger partial charge in [0.2, 0.25) is 0 Å². The number of hydrogen-bond acceptors (Lipinski definition) is 2. The van der Waals surface area contributed by atoms with Gasteiger partial charge < -0.3 is 15.1 Å². The second-order valence-corrected chi connectivity index (χ2v) is 8.59. The highest BCUT2D eigenvalue weighted by atomic mass is 16.2. The standard InChI is InChI=1S/C27H28N4O/c1-21-7-13-25(14-8-21)29-27(32)26(24-5-3-2-4-6-24)31-17-15-30(16-18-31)20-23-11-9-22(19-28)10-12-23/h2-14,26H,15-18,20H2,1H3,(H,29,32)/p+2/t26-/m1/s1. The second-order valence-electron chi connectivity index (χ2n) is 8.59. The van der Waals surface area contributed by atoms with Crippen molar-refractivity contribution in [2.75, 3.05) is 31.5 Å². The lowest BCUT2D eigenvalue weighted by atomic mass is 10.0. The number of hydrogen-bond donors (Lipinski definition) is 3. The molecule has 0 unspecified atom stereocenters. The Morgan fingerprint density at radius 3 is 2.22 bits per heavy atom. The molecule has 1 amide bonds. The highest BCUT2D eigenvalue weighted by Crippen LogP contribution is 2.15. The molecule has 3 aromatic carbocycles. The third-order valence-electron chi connectivity index (χ3n) is 6.26. The molecule has 0 bridgehead atoms. The van der Waals surface area contributed by atoms with Crippen LogP contribution < -0.4 is 15.1 Å². The summed E-state index contributed by atoms with van der Waals surface area (Å²) in [5.74, 6) is 0.0468. The molecular weight excluding hydrogens is 396 g/mol. The minimum absolute atomic E-state index is 0.0468. The molecule has 0 aliphatic carbocycles. The maximum atomic E-state index is 13.4. The van der Waals surface area contributed by atoms with Gasteiger partial charge in [-0.2, -0.15) is 5.26 Å². The fourth-order valence-electron chi connectivity index (χ4n) is 4.45. The number of nitrogens with zero attached hydrogens (tertiary/aromatic N) is 1. The Morgan fingerprint density at radius 1 is 0.938 bits per heavy atom. The summed E-state index contributed by atoms with van der Waals surface area (Å²) in [7, 11) is 0. The summed E-state index contributed by atoms with van der Waals surface area (Å²) in [5.41, 5.74) is 5.02. The molecule has 1 aliphatic rings. The number of piperazine rings is 1. The molecule has 0 saturated carbocycles. The van der Waals surface area contributed by atoms with Crippen molar-refractivity contribution in [3.05, 3.63) is 101 Å². The Bertz CT molecular complexity index is 1060. The summed E-state index contributed by atoms with van der Waals surface area (Å²) in [6.07, 6.45) is 0. The van der Waals surface area contributed by atoms with E-state index in [4.69, 9.17) is 5.26 Å². The fourth-order valence-corrected chi connectivity index (χ4v) is 4.45. The van der Waals surface area contributed by atoms with Crippen LogP contribution in [0.5, 0.6) is 0 Å². The largest absolute Gasteiger partial charge is 0.322 e. The van der Waals surface area contributed by atoms with E-state index in [0.717, 1.165) is 44.0 Å².